The summed E-state index contributed by atoms with van der Waals surface area (Å²) in [7, 11) is 0. The second-order valence-electron chi connectivity index (χ2n) is 5.97. The Morgan fingerprint density at radius 2 is 1.71 bits per heavy atom. The molecule has 1 unspecified atom stereocenters. The normalized spacial score (nSPS) is 12.2. The first kappa shape index (κ1) is 17.2. The van der Waals surface area contributed by atoms with E-state index in [1.165, 1.54) is 18.6 Å². The predicted molar refractivity (Wildman–Crippen MR) is 83.4 cm³/mol. The number of carboxylic acids is 1. The molecule has 0 fully saturated rings. The summed E-state index contributed by atoms with van der Waals surface area (Å²) < 4.78 is 0. The maximum Gasteiger partial charge on any atom is 0.335 e. The molecule has 0 bridgehead atoms. The number of amides is 1. The Hall–Kier alpha value is -1.84. The molecule has 0 saturated carbocycles. The second-order valence-corrected chi connectivity index (χ2v) is 5.97. The van der Waals surface area contributed by atoms with Crippen LogP contribution < -0.4 is 5.32 Å². The zero-order valence-electron chi connectivity index (χ0n) is 13.1. The first-order chi connectivity index (χ1) is 9.88. The van der Waals surface area contributed by atoms with Crippen molar-refractivity contribution in [3.8, 4) is 0 Å². The summed E-state index contributed by atoms with van der Waals surface area (Å²) in [4.78, 5) is 22.7. The molecule has 116 valence electrons. The van der Waals surface area contributed by atoms with Gasteiger partial charge in [0, 0.05) is 6.04 Å². The first-order valence-electron chi connectivity index (χ1n) is 7.50. The van der Waals surface area contributed by atoms with Gasteiger partial charge in [-0.3, -0.25) is 4.79 Å². The number of carbonyl (C=O) groups is 2. The molecule has 4 heteroatoms. The predicted octanol–water partition coefficient (Wildman–Crippen LogP) is 3.26. The topological polar surface area (TPSA) is 66.4 Å². The molecule has 0 heterocycles. The van der Waals surface area contributed by atoms with E-state index in [4.69, 9.17) is 5.11 Å². The average molecular weight is 291 g/mol. The third kappa shape index (κ3) is 6.93. The van der Waals surface area contributed by atoms with Gasteiger partial charge in [0.2, 0.25) is 5.91 Å². The maximum atomic E-state index is 11.9. The van der Waals surface area contributed by atoms with Crippen LogP contribution in [-0.4, -0.2) is 23.0 Å². The van der Waals surface area contributed by atoms with Gasteiger partial charge in [0.15, 0.2) is 0 Å². The van der Waals surface area contributed by atoms with Crippen molar-refractivity contribution in [2.24, 2.45) is 5.92 Å². The van der Waals surface area contributed by atoms with Crippen molar-refractivity contribution < 1.29 is 14.7 Å². The zero-order chi connectivity index (χ0) is 15.8. The molecule has 1 rings (SSSR count). The van der Waals surface area contributed by atoms with E-state index < -0.39 is 5.97 Å². The van der Waals surface area contributed by atoms with Gasteiger partial charge in [-0.1, -0.05) is 38.8 Å². The molecule has 1 aromatic carbocycles. The van der Waals surface area contributed by atoms with Gasteiger partial charge in [-0.15, -0.1) is 0 Å². The van der Waals surface area contributed by atoms with Gasteiger partial charge in [0.1, 0.15) is 0 Å². The van der Waals surface area contributed by atoms with E-state index in [2.05, 4.69) is 19.2 Å². The summed E-state index contributed by atoms with van der Waals surface area (Å²) in [6.45, 7) is 6.42. The lowest BCUT2D eigenvalue weighted by atomic mass is 10.0. The van der Waals surface area contributed by atoms with E-state index >= 15 is 0 Å². The monoisotopic (exact) mass is 291 g/mol. The average Bonchev–Trinajstić information content (AvgIpc) is 2.38. The molecule has 0 saturated heterocycles. The van der Waals surface area contributed by atoms with E-state index in [9.17, 15) is 9.59 Å². The van der Waals surface area contributed by atoms with Crippen molar-refractivity contribution in [1.29, 1.82) is 0 Å². The van der Waals surface area contributed by atoms with Gasteiger partial charge < -0.3 is 10.4 Å². The summed E-state index contributed by atoms with van der Waals surface area (Å²) in [5.41, 5.74) is 1.06. The lowest BCUT2D eigenvalue weighted by Gasteiger charge is -2.14. The fraction of sp³-hybridized carbons (Fsp3) is 0.529. The SMILES string of the molecule is CC(C)CCCC(C)NC(=O)Cc1ccc(C(=O)O)cc1. The smallest absolute Gasteiger partial charge is 0.335 e. The molecular formula is C17H25NO3. The van der Waals surface area contributed by atoms with Gasteiger partial charge in [-0.05, 0) is 37.0 Å². The van der Waals surface area contributed by atoms with Crippen LogP contribution in [0.15, 0.2) is 24.3 Å². The summed E-state index contributed by atoms with van der Waals surface area (Å²) >= 11 is 0. The van der Waals surface area contributed by atoms with Crippen LogP contribution in [0.25, 0.3) is 0 Å². The quantitative estimate of drug-likeness (QED) is 0.772. The van der Waals surface area contributed by atoms with Crippen LogP contribution >= 0.6 is 0 Å². The highest BCUT2D eigenvalue weighted by Crippen LogP contribution is 2.09. The van der Waals surface area contributed by atoms with Crippen LogP contribution in [0.1, 0.15) is 56.0 Å². The molecular weight excluding hydrogens is 266 g/mol. The van der Waals surface area contributed by atoms with E-state index in [-0.39, 0.29) is 23.9 Å². The van der Waals surface area contributed by atoms with Crippen LogP contribution in [0.3, 0.4) is 0 Å². The third-order valence-corrected chi connectivity index (χ3v) is 3.39. The number of hydrogen-bond acceptors (Lipinski definition) is 2. The Bertz CT molecular complexity index is 465. The highest BCUT2D eigenvalue weighted by molar-refractivity contribution is 5.87. The van der Waals surface area contributed by atoms with Crippen molar-refractivity contribution in [3.05, 3.63) is 35.4 Å². The van der Waals surface area contributed by atoms with Crippen molar-refractivity contribution in [2.75, 3.05) is 0 Å². The lowest BCUT2D eigenvalue weighted by Crippen LogP contribution is -2.33. The Balaban J connectivity index is 2.37. The van der Waals surface area contributed by atoms with Crippen molar-refractivity contribution in [2.45, 2.75) is 52.5 Å². The minimum atomic E-state index is -0.954. The minimum absolute atomic E-state index is 0.0184. The molecule has 0 spiro atoms. The molecule has 0 aliphatic heterocycles. The Labute approximate surface area is 126 Å². The van der Waals surface area contributed by atoms with E-state index in [1.807, 2.05) is 6.92 Å². The number of nitrogens with one attached hydrogen (secondary N) is 1. The number of rotatable bonds is 8. The van der Waals surface area contributed by atoms with Gasteiger partial charge in [-0.2, -0.15) is 0 Å². The van der Waals surface area contributed by atoms with Crippen LogP contribution in [-0.2, 0) is 11.2 Å². The largest absolute Gasteiger partial charge is 0.478 e. The van der Waals surface area contributed by atoms with Crippen molar-refractivity contribution >= 4 is 11.9 Å². The summed E-state index contributed by atoms with van der Waals surface area (Å²) in [5.74, 6) is -0.277. The number of carbonyl (C=O) groups excluding carboxylic acids is 1. The fourth-order valence-electron chi connectivity index (χ4n) is 2.18. The molecule has 21 heavy (non-hydrogen) atoms. The molecule has 1 atom stereocenters. The number of carboxylic acid groups (broad SMARTS) is 1. The molecule has 4 nitrogen and oxygen atoms in total. The van der Waals surface area contributed by atoms with E-state index in [0.29, 0.717) is 5.92 Å². The Morgan fingerprint density at radius 3 is 2.24 bits per heavy atom. The second kappa shape index (κ2) is 8.45. The van der Waals surface area contributed by atoms with Crippen LogP contribution in [0.5, 0.6) is 0 Å². The minimum Gasteiger partial charge on any atom is -0.478 e. The zero-order valence-corrected chi connectivity index (χ0v) is 13.1. The van der Waals surface area contributed by atoms with Crippen LogP contribution in [0.2, 0.25) is 0 Å². The highest BCUT2D eigenvalue weighted by Gasteiger charge is 2.09. The summed E-state index contributed by atoms with van der Waals surface area (Å²) in [6.07, 6.45) is 3.57. The van der Waals surface area contributed by atoms with Gasteiger partial charge >= 0.3 is 5.97 Å². The van der Waals surface area contributed by atoms with E-state index in [1.54, 1.807) is 12.1 Å². The maximum absolute atomic E-state index is 11.9. The lowest BCUT2D eigenvalue weighted by molar-refractivity contribution is -0.121. The standard InChI is InChI=1S/C17H25NO3/c1-12(2)5-4-6-13(3)18-16(19)11-14-7-9-15(10-8-14)17(20)21/h7-10,12-13H,4-6,11H2,1-3H3,(H,18,19)(H,20,21). The summed E-state index contributed by atoms with van der Waals surface area (Å²) in [6, 6.07) is 6.60. The van der Waals surface area contributed by atoms with E-state index in [0.717, 1.165) is 18.4 Å². The molecule has 0 radical (unpaired) electrons. The molecule has 0 aliphatic rings. The molecule has 1 amide bonds. The van der Waals surface area contributed by atoms with Gasteiger partial charge in [0.25, 0.3) is 0 Å². The number of hydrogen-bond donors (Lipinski definition) is 2. The first-order valence-corrected chi connectivity index (χ1v) is 7.50. The number of benzene rings is 1. The summed E-state index contributed by atoms with van der Waals surface area (Å²) in [5, 5.41) is 11.8. The van der Waals surface area contributed by atoms with Gasteiger partial charge in [-0.25, -0.2) is 4.79 Å². The Kier molecular flexibility index (Phi) is 6.92. The Morgan fingerprint density at radius 1 is 1.10 bits per heavy atom. The molecule has 0 aromatic heterocycles. The molecule has 1 aromatic rings. The third-order valence-electron chi connectivity index (χ3n) is 3.39. The van der Waals surface area contributed by atoms with Crippen molar-refractivity contribution in [1.82, 2.24) is 5.32 Å². The van der Waals surface area contributed by atoms with Gasteiger partial charge in [0.05, 0.1) is 12.0 Å². The van der Waals surface area contributed by atoms with Crippen LogP contribution in [0, 0.1) is 5.92 Å². The molecule has 2 N–H and O–H groups in total. The number of aromatic carboxylic acids is 1. The highest BCUT2D eigenvalue weighted by atomic mass is 16.4. The fourth-order valence-corrected chi connectivity index (χ4v) is 2.18. The molecule has 0 aliphatic carbocycles. The van der Waals surface area contributed by atoms with Crippen molar-refractivity contribution in [3.63, 3.8) is 0 Å². The van der Waals surface area contributed by atoms with Crippen LogP contribution in [0.4, 0.5) is 0 Å².